The van der Waals surface area contributed by atoms with Crippen LogP contribution in [0.3, 0.4) is 0 Å². The molecule has 2 fully saturated rings. The summed E-state index contributed by atoms with van der Waals surface area (Å²) in [5, 5.41) is 5.95. The minimum Gasteiger partial charge on any atom is -0.495 e. The molecule has 16 heteroatoms. The summed E-state index contributed by atoms with van der Waals surface area (Å²) in [7, 11) is 5.06. The average molecular weight is 974 g/mol. The Morgan fingerprint density at radius 2 is 1.65 bits per heavy atom. The van der Waals surface area contributed by atoms with Crippen molar-refractivity contribution in [3.05, 3.63) is 76.3 Å². The van der Waals surface area contributed by atoms with Crippen LogP contribution in [0.5, 0.6) is 5.75 Å². The van der Waals surface area contributed by atoms with E-state index in [0.29, 0.717) is 22.8 Å². The van der Waals surface area contributed by atoms with Gasteiger partial charge in [0.05, 0.1) is 23.7 Å². The molecule has 3 amide bonds. The topological polar surface area (TPSA) is 156 Å². The molecule has 2 N–H and O–H groups in total. The van der Waals surface area contributed by atoms with Gasteiger partial charge in [-0.1, -0.05) is 104 Å². The molecule has 13 nitrogen and oxygen atoms in total. The normalized spacial score (nSPS) is 24.2. The number of rotatable bonds is 15. The Labute approximate surface area is 405 Å². The van der Waals surface area contributed by atoms with Gasteiger partial charge in [0, 0.05) is 69.2 Å². The molecule has 3 aliphatic heterocycles. The number of esters is 2. The van der Waals surface area contributed by atoms with Crippen molar-refractivity contribution in [3.63, 3.8) is 0 Å². The Hall–Kier alpha value is -3.76. The largest absolute Gasteiger partial charge is 0.495 e. The van der Waals surface area contributed by atoms with Crippen LogP contribution in [-0.4, -0.2) is 115 Å². The molecule has 6 atom stereocenters. The highest BCUT2D eigenvalue weighted by Gasteiger charge is 2.48. The molecule has 366 valence electrons. The lowest BCUT2D eigenvalue weighted by Gasteiger charge is -2.35. The summed E-state index contributed by atoms with van der Waals surface area (Å²) < 4.78 is 23.6. The van der Waals surface area contributed by atoms with E-state index in [1.165, 1.54) is 18.7 Å². The number of methoxy groups -OCH3 is 1. The Bertz CT molecular complexity index is 1970. The fourth-order valence-corrected chi connectivity index (χ4v) is 10.4. The van der Waals surface area contributed by atoms with Gasteiger partial charge in [0.15, 0.2) is 6.10 Å². The van der Waals surface area contributed by atoms with Gasteiger partial charge in [-0.2, -0.15) is 0 Å². The van der Waals surface area contributed by atoms with E-state index >= 15 is 0 Å². The van der Waals surface area contributed by atoms with Gasteiger partial charge in [-0.05, 0) is 87.6 Å². The van der Waals surface area contributed by atoms with Crippen molar-refractivity contribution < 1.29 is 42.9 Å². The fourth-order valence-electron chi connectivity index (χ4n) is 7.88. The van der Waals surface area contributed by atoms with E-state index < -0.39 is 47.4 Å². The zero-order valence-corrected chi connectivity index (χ0v) is 43.2. The van der Waals surface area contributed by atoms with Gasteiger partial charge in [0.25, 0.3) is 0 Å². The summed E-state index contributed by atoms with van der Waals surface area (Å²) in [6.45, 7) is 21.2. The molecule has 3 heterocycles. The smallest absolute Gasteiger partial charge is 0.347 e. The van der Waals surface area contributed by atoms with E-state index in [0.717, 1.165) is 44.7 Å². The Balaban J connectivity index is 0.00000469. The number of ether oxygens (including phenoxy) is 4. The van der Waals surface area contributed by atoms with Gasteiger partial charge < -0.3 is 34.5 Å². The number of benzene rings is 2. The van der Waals surface area contributed by atoms with Gasteiger partial charge in [-0.3, -0.25) is 24.1 Å². The third kappa shape index (κ3) is 16.5. The Morgan fingerprint density at radius 3 is 2.27 bits per heavy atom. The van der Waals surface area contributed by atoms with E-state index in [4.69, 9.17) is 30.5 Å². The zero-order valence-electron chi connectivity index (χ0n) is 40.8. The number of carbonyl (C=O) groups is 5. The molecule has 0 radical (unpaired) electrons. The quantitative estimate of drug-likeness (QED) is 0.100. The highest BCUT2D eigenvalue weighted by Crippen LogP contribution is 2.45. The molecule has 0 aromatic heterocycles. The molecule has 0 spiro atoms. The maximum Gasteiger partial charge on any atom is 0.347 e. The molecule has 5 rings (SSSR count). The first-order valence-electron chi connectivity index (χ1n) is 23.2. The highest BCUT2D eigenvalue weighted by molar-refractivity contribution is 8.76. The summed E-state index contributed by atoms with van der Waals surface area (Å²) in [5.41, 5.74) is 1.63. The minimum absolute atomic E-state index is 0.00463. The molecule has 0 aliphatic carbocycles. The molecule has 3 aliphatic rings. The monoisotopic (exact) mass is 972 g/mol. The molecule has 2 aromatic rings. The van der Waals surface area contributed by atoms with Crippen molar-refractivity contribution in [1.29, 1.82) is 0 Å². The van der Waals surface area contributed by atoms with E-state index in [1.807, 2.05) is 50.3 Å². The van der Waals surface area contributed by atoms with Gasteiger partial charge in [-0.15, -0.1) is 0 Å². The van der Waals surface area contributed by atoms with Gasteiger partial charge >= 0.3 is 11.9 Å². The Morgan fingerprint density at radius 1 is 0.985 bits per heavy atom. The summed E-state index contributed by atoms with van der Waals surface area (Å²) >= 11 is 6.38. The number of nitrogens with zero attached hydrogens (tertiary/aromatic N) is 2. The number of hydrogen-bond acceptors (Lipinski definition) is 12. The van der Waals surface area contributed by atoms with Gasteiger partial charge in [0.2, 0.25) is 17.7 Å². The highest BCUT2D eigenvalue weighted by atomic mass is 35.5. The first-order chi connectivity index (χ1) is 31.3. The van der Waals surface area contributed by atoms with Gasteiger partial charge in [-0.25, -0.2) is 4.79 Å². The SMILES string of the molecule is CC.COc1ccc(C[C@H]2NC(=O)/C=C/C[C@@H]([C@H](C)C3O[C@@H]3c3ccc(CN4CCN(C(=O)CCC(C)(C)SSC)CC4)cc3)OC(=O)[C@H](CC(C)C)OC(=O)C(C)(C)CNC2=O)cc1Cl. The molecule has 2 saturated heterocycles. The fraction of sp³-hybridized carbons (Fsp3) is 0.620. The van der Waals surface area contributed by atoms with Crippen molar-refractivity contribution in [2.75, 3.05) is 46.1 Å². The predicted molar refractivity (Wildman–Crippen MR) is 264 cm³/mol. The van der Waals surface area contributed by atoms with Crippen LogP contribution in [0.25, 0.3) is 0 Å². The van der Waals surface area contributed by atoms with Crippen LogP contribution in [0.1, 0.15) is 111 Å². The lowest BCUT2D eigenvalue weighted by atomic mass is 9.92. The summed E-state index contributed by atoms with van der Waals surface area (Å²) in [6.07, 6.45) is 4.56. The van der Waals surface area contributed by atoms with E-state index in [9.17, 15) is 24.0 Å². The number of epoxide rings is 1. The van der Waals surface area contributed by atoms with Crippen molar-refractivity contribution in [2.24, 2.45) is 17.3 Å². The lowest BCUT2D eigenvalue weighted by molar-refractivity contribution is -0.179. The molecule has 1 unspecified atom stereocenters. The second kappa shape index (κ2) is 25.6. The number of cyclic esters (lactones) is 2. The van der Waals surface area contributed by atoms with E-state index in [2.05, 4.69) is 59.9 Å². The number of nitrogens with one attached hydrogen (secondary N) is 2. The van der Waals surface area contributed by atoms with Crippen LogP contribution in [0.4, 0.5) is 0 Å². The Kier molecular flexibility index (Phi) is 21.2. The average Bonchev–Trinajstić information content (AvgIpc) is 4.08. The van der Waals surface area contributed by atoms with Crippen molar-refractivity contribution in [2.45, 2.75) is 136 Å². The summed E-state index contributed by atoms with van der Waals surface area (Å²) in [5.74, 6) is -1.97. The number of piperazine rings is 1. The van der Waals surface area contributed by atoms with Crippen molar-refractivity contribution in [1.82, 2.24) is 20.4 Å². The van der Waals surface area contributed by atoms with Crippen LogP contribution in [0.15, 0.2) is 54.6 Å². The second-order valence-electron chi connectivity index (χ2n) is 18.8. The third-order valence-corrected chi connectivity index (χ3v) is 14.9. The first kappa shape index (κ1) is 54.8. The van der Waals surface area contributed by atoms with E-state index in [1.54, 1.807) is 48.9 Å². The molecule has 0 saturated carbocycles. The number of halogens is 1. The summed E-state index contributed by atoms with van der Waals surface area (Å²) in [6, 6.07) is 12.5. The van der Waals surface area contributed by atoms with Crippen LogP contribution in [-0.2, 0) is 51.1 Å². The lowest BCUT2D eigenvalue weighted by Crippen LogP contribution is -2.51. The molecular weight excluding hydrogens is 900 g/mol. The van der Waals surface area contributed by atoms with Crippen molar-refractivity contribution in [3.8, 4) is 5.75 Å². The molecule has 66 heavy (non-hydrogen) atoms. The van der Waals surface area contributed by atoms with E-state index in [-0.39, 0.29) is 60.5 Å². The maximum absolute atomic E-state index is 13.9. The predicted octanol–water partition coefficient (Wildman–Crippen LogP) is 8.36. The molecular formula is C50H73ClN4O9S2. The van der Waals surface area contributed by atoms with Gasteiger partial charge in [0.1, 0.15) is 24.0 Å². The number of amides is 3. The standard InChI is InChI=1S/C48H67ClN4O9S2.C2H6/c1-30(2)25-39-45(57)60-37(11-10-12-40(54)51-36(27-33-15-18-38(59-8)35(49)26-33)44(56)50-29-47(4,5)46(58)61-39)31(3)42-43(62-42)34-16-13-32(14-17-34)28-52-21-23-53(24-22-52)41(55)19-20-48(6,7)64-63-9;1-2/h10,12-18,26,30-31,36-37,39,42-43H,11,19-25,27-29H2,1-9H3,(H,50,56)(H,51,54);1-2H3/b12-10+;/t31-,36+,37-,39-,42?,43+;/m0./s1. The summed E-state index contributed by atoms with van der Waals surface area (Å²) in [4.78, 5) is 71.8. The first-order valence-corrected chi connectivity index (χ1v) is 26.2. The number of hydrogen-bond donors (Lipinski definition) is 2. The maximum atomic E-state index is 13.9. The van der Waals surface area contributed by atoms with Crippen LogP contribution < -0.4 is 15.4 Å². The van der Waals surface area contributed by atoms with Crippen LogP contribution in [0.2, 0.25) is 5.02 Å². The zero-order chi connectivity index (χ0) is 48.8. The van der Waals surface area contributed by atoms with Crippen LogP contribution >= 0.6 is 33.2 Å². The molecule has 2 aromatic carbocycles. The third-order valence-electron chi connectivity index (χ3n) is 12.0. The number of carbonyl (C=O) groups excluding carboxylic acids is 5. The second-order valence-corrected chi connectivity index (χ2v) is 22.3. The van der Waals surface area contributed by atoms with Crippen LogP contribution in [0, 0.1) is 17.3 Å². The molecule has 0 bridgehead atoms. The van der Waals surface area contributed by atoms with Crippen molar-refractivity contribution >= 4 is 62.8 Å². The minimum atomic E-state index is -1.23.